The maximum atomic E-state index is 10.1. The molecule has 1 saturated heterocycles. The molecule has 2 aliphatic rings. The van der Waals surface area contributed by atoms with Crippen LogP contribution in [-0.2, 0) is 4.74 Å². The molecule has 0 atom stereocenters. The zero-order valence-corrected chi connectivity index (χ0v) is 8.80. The Bertz CT molecular complexity index is 174. The molecule has 1 aliphatic heterocycles. The van der Waals surface area contributed by atoms with Crippen LogP contribution in [0.2, 0.25) is 0 Å². The van der Waals surface area contributed by atoms with E-state index in [-0.39, 0.29) is 0 Å². The Balaban J connectivity index is 1.57. The molecule has 2 N–H and O–H groups in total. The largest absolute Gasteiger partial charge is 0.387 e. The van der Waals surface area contributed by atoms with Crippen molar-refractivity contribution < 1.29 is 9.84 Å². The van der Waals surface area contributed by atoms with Crippen LogP contribution in [0.1, 0.15) is 32.1 Å². The molecule has 1 saturated carbocycles. The number of piperidine rings is 1. The second-order valence-electron chi connectivity index (χ2n) is 4.76. The Kier molecular flexibility index (Phi) is 3.42. The molecule has 0 aromatic heterocycles. The summed E-state index contributed by atoms with van der Waals surface area (Å²) in [4.78, 5) is 0. The zero-order valence-electron chi connectivity index (χ0n) is 8.80. The van der Waals surface area contributed by atoms with Crippen molar-refractivity contribution in [3.63, 3.8) is 0 Å². The van der Waals surface area contributed by atoms with Crippen LogP contribution in [0.25, 0.3) is 0 Å². The van der Waals surface area contributed by atoms with Crippen LogP contribution in [0, 0.1) is 5.92 Å². The first-order valence-electron chi connectivity index (χ1n) is 5.79. The standard InChI is InChI=1S/C11H21NO2/c13-11(4-6-12-7-5-11)9-14-8-3-10-1-2-10/h10,12-13H,1-9H2. The van der Waals surface area contributed by atoms with Gasteiger partial charge in [0.15, 0.2) is 0 Å². The van der Waals surface area contributed by atoms with Gasteiger partial charge in [0.05, 0.1) is 12.2 Å². The number of rotatable bonds is 5. The molecule has 2 fully saturated rings. The van der Waals surface area contributed by atoms with Crippen LogP contribution in [0.15, 0.2) is 0 Å². The van der Waals surface area contributed by atoms with Crippen molar-refractivity contribution in [1.82, 2.24) is 5.32 Å². The SMILES string of the molecule is OC1(COCCC2CC2)CCNCC1. The number of hydrogen-bond donors (Lipinski definition) is 2. The number of nitrogens with one attached hydrogen (secondary N) is 1. The Morgan fingerprint density at radius 3 is 2.64 bits per heavy atom. The van der Waals surface area contributed by atoms with Crippen molar-refractivity contribution in [1.29, 1.82) is 0 Å². The minimum atomic E-state index is -0.547. The van der Waals surface area contributed by atoms with Crippen molar-refractivity contribution in [3.8, 4) is 0 Å². The molecule has 0 spiro atoms. The summed E-state index contributed by atoms with van der Waals surface area (Å²) in [7, 11) is 0. The molecule has 1 aliphatic carbocycles. The van der Waals surface area contributed by atoms with Crippen molar-refractivity contribution in [2.75, 3.05) is 26.3 Å². The molecule has 14 heavy (non-hydrogen) atoms. The highest BCUT2D eigenvalue weighted by Crippen LogP contribution is 2.32. The molecule has 0 bridgehead atoms. The number of hydrogen-bond acceptors (Lipinski definition) is 3. The second-order valence-corrected chi connectivity index (χ2v) is 4.76. The summed E-state index contributed by atoms with van der Waals surface area (Å²) >= 11 is 0. The monoisotopic (exact) mass is 199 g/mol. The Morgan fingerprint density at radius 2 is 2.00 bits per heavy atom. The average Bonchev–Trinajstić information content (AvgIpc) is 2.97. The third-order valence-electron chi connectivity index (χ3n) is 3.27. The summed E-state index contributed by atoms with van der Waals surface area (Å²) in [5, 5.41) is 13.3. The van der Waals surface area contributed by atoms with E-state index in [0.717, 1.165) is 38.5 Å². The molecule has 82 valence electrons. The van der Waals surface area contributed by atoms with Crippen LogP contribution >= 0.6 is 0 Å². The molecule has 0 aromatic carbocycles. The first kappa shape index (κ1) is 10.4. The Labute approximate surface area is 85.8 Å². The fourth-order valence-corrected chi connectivity index (χ4v) is 1.96. The van der Waals surface area contributed by atoms with Crippen LogP contribution in [0.4, 0.5) is 0 Å². The van der Waals surface area contributed by atoms with Crippen LogP contribution < -0.4 is 5.32 Å². The van der Waals surface area contributed by atoms with Gasteiger partial charge in [0.2, 0.25) is 0 Å². The van der Waals surface area contributed by atoms with Crippen molar-refractivity contribution in [2.45, 2.75) is 37.7 Å². The van der Waals surface area contributed by atoms with Crippen molar-refractivity contribution >= 4 is 0 Å². The van der Waals surface area contributed by atoms with E-state index < -0.39 is 5.60 Å². The quantitative estimate of drug-likeness (QED) is 0.647. The first-order chi connectivity index (χ1) is 6.79. The fourth-order valence-electron chi connectivity index (χ4n) is 1.96. The highest BCUT2D eigenvalue weighted by atomic mass is 16.5. The number of ether oxygens (including phenoxy) is 1. The van der Waals surface area contributed by atoms with Gasteiger partial charge in [-0.3, -0.25) is 0 Å². The minimum Gasteiger partial charge on any atom is -0.387 e. The second kappa shape index (κ2) is 4.60. The normalized spacial score (nSPS) is 26.4. The van der Waals surface area contributed by atoms with E-state index in [1.54, 1.807) is 0 Å². The van der Waals surface area contributed by atoms with E-state index in [4.69, 9.17) is 4.74 Å². The lowest BCUT2D eigenvalue weighted by Gasteiger charge is -2.32. The molecule has 0 unspecified atom stereocenters. The third kappa shape index (κ3) is 3.23. The summed E-state index contributed by atoms with van der Waals surface area (Å²) in [6, 6.07) is 0. The molecule has 0 amide bonds. The van der Waals surface area contributed by atoms with Crippen molar-refractivity contribution in [3.05, 3.63) is 0 Å². The lowest BCUT2D eigenvalue weighted by molar-refractivity contribution is -0.0649. The zero-order chi connectivity index (χ0) is 9.86. The Hall–Kier alpha value is -0.120. The molecule has 0 aromatic rings. The maximum Gasteiger partial charge on any atom is 0.0904 e. The topological polar surface area (TPSA) is 41.5 Å². The van der Waals surface area contributed by atoms with E-state index in [0.29, 0.717) is 6.61 Å². The van der Waals surface area contributed by atoms with Gasteiger partial charge in [-0.05, 0) is 38.3 Å². The van der Waals surface area contributed by atoms with Crippen LogP contribution in [0.5, 0.6) is 0 Å². The summed E-state index contributed by atoms with van der Waals surface area (Å²) < 4.78 is 5.55. The predicted octanol–water partition coefficient (Wildman–Crippen LogP) is 0.918. The first-order valence-corrected chi connectivity index (χ1v) is 5.79. The van der Waals surface area contributed by atoms with Gasteiger partial charge in [0.1, 0.15) is 0 Å². The van der Waals surface area contributed by atoms with Crippen LogP contribution in [-0.4, -0.2) is 37.0 Å². The van der Waals surface area contributed by atoms with E-state index in [1.165, 1.54) is 19.3 Å². The minimum absolute atomic E-state index is 0.529. The van der Waals surface area contributed by atoms with Gasteiger partial charge in [0.25, 0.3) is 0 Å². The molecular weight excluding hydrogens is 178 g/mol. The molecule has 1 heterocycles. The lowest BCUT2D eigenvalue weighted by Crippen LogP contribution is -2.45. The van der Waals surface area contributed by atoms with E-state index in [2.05, 4.69) is 5.32 Å². The molecule has 3 heteroatoms. The van der Waals surface area contributed by atoms with Gasteiger partial charge < -0.3 is 15.2 Å². The van der Waals surface area contributed by atoms with Gasteiger partial charge in [-0.25, -0.2) is 0 Å². The van der Waals surface area contributed by atoms with E-state index in [9.17, 15) is 5.11 Å². The van der Waals surface area contributed by atoms with Gasteiger partial charge in [-0.2, -0.15) is 0 Å². The summed E-state index contributed by atoms with van der Waals surface area (Å²) in [5.74, 6) is 0.928. The highest BCUT2D eigenvalue weighted by molar-refractivity contribution is 4.84. The third-order valence-corrected chi connectivity index (χ3v) is 3.27. The van der Waals surface area contributed by atoms with Gasteiger partial charge in [0, 0.05) is 6.61 Å². The average molecular weight is 199 g/mol. The smallest absolute Gasteiger partial charge is 0.0904 e. The summed E-state index contributed by atoms with van der Waals surface area (Å²) in [6.45, 7) is 3.20. The summed E-state index contributed by atoms with van der Waals surface area (Å²) in [5.41, 5.74) is -0.547. The summed E-state index contributed by atoms with van der Waals surface area (Å²) in [6.07, 6.45) is 5.62. The molecular formula is C11H21NO2. The van der Waals surface area contributed by atoms with Crippen LogP contribution in [0.3, 0.4) is 0 Å². The fraction of sp³-hybridized carbons (Fsp3) is 1.00. The van der Waals surface area contributed by atoms with Gasteiger partial charge in [-0.1, -0.05) is 12.8 Å². The molecule has 0 radical (unpaired) electrons. The van der Waals surface area contributed by atoms with Gasteiger partial charge >= 0.3 is 0 Å². The molecule has 2 rings (SSSR count). The van der Waals surface area contributed by atoms with E-state index in [1.807, 2.05) is 0 Å². The lowest BCUT2D eigenvalue weighted by atomic mass is 9.94. The molecule has 3 nitrogen and oxygen atoms in total. The van der Waals surface area contributed by atoms with E-state index >= 15 is 0 Å². The highest BCUT2D eigenvalue weighted by Gasteiger charge is 2.29. The Morgan fingerprint density at radius 1 is 1.29 bits per heavy atom. The van der Waals surface area contributed by atoms with Gasteiger partial charge in [-0.15, -0.1) is 0 Å². The predicted molar refractivity (Wildman–Crippen MR) is 55.2 cm³/mol. The van der Waals surface area contributed by atoms with Crippen molar-refractivity contribution in [2.24, 2.45) is 5.92 Å². The number of aliphatic hydroxyl groups is 1. The maximum absolute atomic E-state index is 10.1.